The van der Waals surface area contributed by atoms with E-state index in [0.717, 1.165) is 29.3 Å². The highest BCUT2D eigenvalue weighted by molar-refractivity contribution is 8.00. The van der Waals surface area contributed by atoms with Crippen LogP contribution in [-0.2, 0) is 11.3 Å². The van der Waals surface area contributed by atoms with Gasteiger partial charge >= 0.3 is 0 Å². The molecule has 3 aromatic heterocycles. The van der Waals surface area contributed by atoms with Gasteiger partial charge in [0.2, 0.25) is 5.91 Å². The lowest BCUT2D eigenvalue weighted by atomic mass is 10.2. The van der Waals surface area contributed by atoms with E-state index in [-0.39, 0.29) is 17.3 Å². The Morgan fingerprint density at radius 3 is 2.67 bits per heavy atom. The molecule has 1 amide bonds. The zero-order valence-corrected chi connectivity index (χ0v) is 18.5. The molecule has 4 heterocycles. The van der Waals surface area contributed by atoms with Crippen molar-refractivity contribution in [1.29, 1.82) is 0 Å². The number of hydrogen-bond donors (Lipinski definition) is 1. The first-order valence-corrected chi connectivity index (χ1v) is 11.3. The van der Waals surface area contributed by atoms with E-state index in [1.54, 1.807) is 24.2 Å². The predicted octanol–water partition coefficient (Wildman–Crippen LogP) is 2.72. The number of hydrogen-bond acceptors (Lipinski definition) is 8. The van der Waals surface area contributed by atoms with Gasteiger partial charge in [0.25, 0.3) is 0 Å². The number of thioether (sulfide) groups is 1. The fourth-order valence-corrected chi connectivity index (χ4v) is 4.69. The number of nitrogens with one attached hydrogen (secondary N) is 1. The van der Waals surface area contributed by atoms with Gasteiger partial charge in [-0.05, 0) is 27.2 Å². The summed E-state index contributed by atoms with van der Waals surface area (Å²) in [5.41, 5.74) is 2.18. The Morgan fingerprint density at radius 1 is 1.27 bits per heavy atom. The molecule has 1 aliphatic rings. The van der Waals surface area contributed by atoms with Crippen molar-refractivity contribution in [2.45, 2.75) is 52.1 Å². The van der Waals surface area contributed by atoms with Crippen molar-refractivity contribution in [1.82, 2.24) is 34.4 Å². The fourth-order valence-electron chi connectivity index (χ4n) is 3.66. The first kappa shape index (κ1) is 20.5. The van der Waals surface area contributed by atoms with Crippen LogP contribution in [0.1, 0.15) is 33.0 Å². The van der Waals surface area contributed by atoms with Gasteiger partial charge in [0.1, 0.15) is 24.0 Å². The number of carbonyl (C=O) groups is 1. The number of carbonyl (C=O) groups excluding carboxylic acids is 1. The molecule has 30 heavy (non-hydrogen) atoms. The molecule has 3 aromatic rings. The summed E-state index contributed by atoms with van der Waals surface area (Å²) in [5.74, 6) is 3.09. The Balaban J connectivity index is 1.70. The lowest BCUT2D eigenvalue weighted by Crippen LogP contribution is -2.44. The molecule has 1 N–H and O–H groups in total. The van der Waals surface area contributed by atoms with Crippen molar-refractivity contribution < 1.29 is 4.79 Å². The van der Waals surface area contributed by atoms with E-state index in [0.29, 0.717) is 30.1 Å². The minimum atomic E-state index is -0.359. The van der Waals surface area contributed by atoms with Crippen molar-refractivity contribution in [3.05, 3.63) is 24.5 Å². The summed E-state index contributed by atoms with van der Waals surface area (Å²) in [5, 5.41) is 3.54. The summed E-state index contributed by atoms with van der Waals surface area (Å²) in [6.07, 6.45) is 5.70. The number of amides is 1. The molecule has 9 nitrogen and oxygen atoms in total. The van der Waals surface area contributed by atoms with E-state index in [9.17, 15) is 4.79 Å². The summed E-state index contributed by atoms with van der Waals surface area (Å²) >= 11 is 1.80. The minimum absolute atomic E-state index is 0.101. The van der Waals surface area contributed by atoms with Crippen LogP contribution in [0.2, 0.25) is 0 Å². The first-order valence-electron chi connectivity index (χ1n) is 10.2. The highest BCUT2D eigenvalue weighted by Gasteiger charge is 2.31. The molecule has 0 aliphatic carbocycles. The number of imidazole rings is 1. The number of nitrogens with zero attached hydrogens (tertiary/aromatic N) is 7. The average Bonchev–Trinajstić information content (AvgIpc) is 3.35. The van der Waals surface area contributed by atoms with Crippen LogP contribution < -0.4 is 5.32 Å². The zero-order valence-electron chi connectivity index (χ0n) is 17.7. The Bertz CT molecular complexity index is 1050. The number of anilines is 1. The second kappa shape index (κ2) is 8.55. The Labute approximate surface area is 179 Å². The summed E-state index contributed by atoms with van der Waals surface area (Å²) in [4.78, 5) is 37.3. The molecule has 0 aromatic carbocycles. The molecule has 2 atom stereocenters. The third-order valence-electron chi connectivity index (χ3n) is 5.32. The van der Waals surface area contributed by atoms with Crippen molar-refractivity contribution in [3.63, 3.8) is 0 Å². The van der Waals surface area contributed by atoms with Gasteiger partial charge in [-0.15, -0.1) is 11.8 Å². The van der Waals surface area contributed by atoms with Gasteiger partial charge in [0.15, 0.2) is 17.0 Å². The molecule has 0 radical (unpaired) electrons. The summed E-state index contributed by atoms with van der Waals surface area (Å²) < 4.78 is 2.01. The van der Waals surface area contributed by atoms with Crippen molar-refractivity contribution in [2.75, 3.05) is 17.6 Å². The Hall–Kier alpha value is -2.75. The first-order chi connectivity index (χ1) is 14.5. The van der Waals surface area contributed by atoms with Crippen LogP contribution >= 0.6 is 11.8 Å². The molecule has 1 saturated heterocycles. The van der Waals surface area contributed by atoms with E-state index in [2.05, 4.69) is 32.2 Å². The fraction of sp³-hybridized carbons (Fsp3) is 0.500. The van der Waals surface area contributed by atoms with Crippen LogP contribution in [0.3, 0.4) is 0 Å². The summed E-state index contributed by atoms with van der Waals surface area (Å²) in [6, 6.07) is -0.359. The minimum Gasteiger partial charge on any atom is -0.356 e. The van der Waals surface area contributed by atoms with Crippen molar-refractivity contribution >= 4 is 34.7 Å². The lowest BCUT2D eigenvalue weighted by Gasteiger charge is -2.26. The highest BCUT2D eigenvalue weighted by Crippen LogP contribution is 2.28. The summed E-state index contributed by atoms with van der Waals surface area (Å²) in [7, 11) is 0. The molecular formula is C20H26N8OS. The molecule has 10 heteroatoms. The summed E-state index contributed by atoms with van der Waals surface area (Å²) in [6.45, 7) is 9.44. The third-order valence-corrected chi connectivity index (χ3v) is 6.47. The Kier molecular flexibility index (Phi) is 5.85. The van der Waals surface area contributed by atoms with Gasteiger partial charge in [-0.1, -0.05) is 6.92 Å². The highest BCUT2D eigenvalue weighted by atomic mass is 32.2. The van der Waals surface area contributed by atoms with E-state index in [4.69, 9.17) is 4.98 Å². The molecule has 4 rings (SSSR count). The molecule has 0 saturated carbocycles. The predicted molar refractivity (Wildman–Crippen MR) is 118 cm³/mol. The van der Waals surface area contributed by atoms with Gasteiger partial charge in [0.05, 0.1) is 10.9 Å². The van der Waals surface area contributed by atoms with E-state index in [1.165, 1.54) is 6.33 Å². The van der Waals surface area contributed by atoms with Crippen LogP contribution in [0.15, 0.2) is 18.7 Å². The van der Waals surface area contributed by atoms with Crippen LogP contribution in [0.5, 0.6) is 0 Å². The number of fused-ring (bicyclic) bond motifs is 1. The molecule has 1 aliphatic heterocycles. The Morgan fingerprint density at radius 2 is 2.03 bits per heavy atom. The van der Waals surface area contributed by atoms with Gasteiger partial charge in [0, 0.05) is 31.2 Å². The van der Waals surface area contributed by atoms with E-state index >= 15 is 0 Å². The maximum absolute atomic E-state index is 13.1. The van der Waals surface area contributed by atoms with Crippen LogP contribution in [0, 0.1) is 6.92 Å². The topological polar surface area (TPSA) is 102 Å². The van der Waals surface area contributed by atoms with E-state index in [1.807, 2.05) is 30.2 Å². The molecule has 1 fully saturated rings. The number of aromatic nitrogens is 6. The standard InChI is InChI=1S/C20H26N8OS/c1-5-15(20(29)28-7-8-30-13(28)4)25-17-16-19(24-11-23-17)27(6-2)18(26-16)14-9-21-12(3)22-10-14/h9-11,13,15H,5-8H2,1-4H3,(H,23,24,25)/t13?,15-/m1/s1. The van der Waals surface area contributed by atoms with Gasteiger partial charge in [-0.3, -0.25) is 4.79 Å². The number of aryl methyl sites for hydroxylation is 2. The van der Waals surface area contributed by atoms with Crippen LogP contribution in [-0.4, -0.2) is 64.0 Å². The molecule has 0 spiro atoms. The van der Waals surface area contributed by atoms with E-state index < -0.39 is 0 Å². The zero-order chi connectivity index (χ0) is 21.3. The van der Waals surface area contributed by atoms with Crippen LogP contribution in [0.4, 0.5) is 5.82 Å². The molecule has 1 unspecified atom stereocenters. The maximum Gasteiger partial charge on any atom is 0.246 e. The SMILES string of the molecule is CC[C@@H](Nc1ncnc2c1nc(-c1cnc(C)nc1)n2CC)C(=O)N1CCSC1C. The third kappa shape index (κ3) is 3.71. The molecule has 0 bridgehead atoms. The van der Waals surface area contributed by atoms with Crippen molar-refractivity contribution in [2.24, 2.45) is 0 Å². The number of rotatable bonds is 6. The lowest BCUT2D eigenvalue weighted by molar-refractivity contribution is -0.131. The largest absolute Gasteiger partial charge is 0.356 e. The smallest absolute Gasteiger partial charge is 0.246 e. The second-order valence-corrected chi connectivity index (χ2v) is 8.62. The maximum atomic E-state index is 13.1. The molecular weight excluding hydrogens is 400 g/mol. The van der Waals surface area contributed by atoms with Crippen LogP contribution in [0.25, 0.3) is 22.6 Å². The van der Waals surface area contributed by atoms with Gasteiger partial charge in [-0.25, -0.2) is 24.9 Å². The average molecular weight is 427 g/mol. The monoisotopic (exact) mass is 426 g/mol. The van der Waals surface area contributed by atoms with Gasteiger partial charge in [-0.2, -0.15) is 0 Å². The normalized spacial score (nSPS) is 17.5. The second-order valence-electron chi connectivity index (χ2n) is 7.20. The van der Waals surface area contributed by atoms with Crippen molar-refractivity contribution in [3.8, 4) is 11.4 Å². The van der Waals surface area contributed by atoms with Gasteiger partial charge < -0.3 is 14.8 Å². The molecule has 158 valence electrons. The quantitative estimate of drug-likeness (QED) is 0.642.